The molecular formula is C13H15N3O4. The third kappa shape index (κ3) is 2.71. The molecule has 0 saturated heterocycles. The molecule has 0 bridgehead atoms. The van der Waals surface area contributed by atoms with Crippen LogP contribution in [0.4, 0.5) is 5.69 Å². The molecule has 0 spiro atoms. The summed E-state index contributed by atoms with van der Waals surface area (Å²) < 4.78 is 7.06. The summed E-state index contributed by atoms with van der Waals surface area (Å²) in [5.41, 5.74) is 0.184. The van der Waals surface area contributed by atoms with E-state index in [1.54, 1.807) is 6.92 Å². The Balaban J connectivity index is 2.42. The van der Waals surface area contributed by atoms with E-state index in [4.69, 9.17) is 4.74 Å². The molecule has 1 heterocycles. The predicted octanol–water partition coefficient (Wildman–Crippen LogP) is 3.01. The minimum absolute atomic E-state index is 0.102. The molecule has 0 radical (unpaired) electrons. The number of hydrogen-bond acceptors (Lipinski definition) is 5. The Morgan fingerprint density at radius 3 is 2.60 bits per heavy atom. The van der Waals surface area contributed by atoms with E-state index in [1.807, 2.05) is 6.92 Å². The van der Waals surface area contributed by atoms with Crippen molar-refractivity contribution in [1.82, 2.24) is 9.78 Å². The van der Waals surface area contributed by atoms with Crippen molar-refractivity contribution < 1.29 is 14.8 Å². The lowest BCUT2D eigenvalue weighted by molar-refractivity contribution is -0.386. The predicted molar refractivity (Wildman–Crippen MR) is 72.1 cm³/mol. The highest BCUT2D eigenvalue weighted by molar-refractivity contribution is 5.48. The molecule has 106 valence electrons. The van der Waals surface area contributed by atoms with Crippen molar-refractivity contribution in [2.75, 3.05) is 0 Å². The Kier molecular flexibility index (Phi) is 3.88. The second-order valence-electron chi connectivity index (χ2n) is 4.32. The molecule has 7 heteroatoms. The molecule has 0 fully saturated rings. The van der Waals surface area contributed by atoms with Gasteiger partial charge in [-0.3, -0.25) is 10.1 Å². The number of nitro groups is 1. The molecule has 0 atom stereocenters. The maximum atomic E-state index is 11.1. The summed E-state index contributed by atoms with van der Waals surface area (Å²) in [4.78, 5) is 10.6. The summed E-state index contributed by atoms with van der Waals surface area (Å²) in [6.45, 7) is 4.06. The summed E-state index contributed by atoms with van der Waals surface area (Å²) >= 11 is 0. The Morgan fingerprint density at radius 1 is 1.40 bits per heavy atom. The number of benzene rings is 1. The highest BCUT2D eigenvalue weighted by atomic mass is 16.6. The summed E-state index contributed by atoms with van der Waals surface area (Å²) in [5, 5.41) is 24.5. The van der Waals surface area contributed by atoms with Crippen molar-refractivity contribution in [3.63, 3.8) is 0 Å². The topological polar surface area (TPSA) is 90.4 Å². The maximum Gasteiger partial charge on any atom is 0.353 e. The van der Waals surface area contributed by atoms with Crippen LogP contribution in [0, 0.1) is 17.0 Å². The number of nitrogens with zero attached hydrogens (tertiary/aromatic N) is 3. The van der Waals surface area contributed by atoms with Crippen LogP contribution < -0.4 is 4.74 Å². The number of phenols is 1. The molecule has 0 amide bonds. The molecule has 20 heavy (non-hydrogen) atoms. The van der Waals surface area contributed by atoms with Crippen LogP contribution in [0.5, 0.6) is 17.4 Å². The quantitative estimate of drug-likeness (QED) is 0.670. The van der Waals surface area contributed by atoms with Gasteiger partial charge in [0.25, 0.3) is 5.88 Å². The molecule has 0 aliphatic rings. The molecule has 0 aliphatic heterocycles. The molecule has 1 aromatic heterocycles. The third-order valence-electron chi connectivity index (χ3n) is 2.72. The van der Waals surface area contributed by atoms with Crippen molar-refractivity contribution >= 4 is 5.69 Å². The normalized spacial score (nSPS) is 10.5. The van der Waals surface area contributed by atoms with Crippen LogP contribution in [0.15, 0.2) is 24.3 Å². The van der Waals surface area contributed by atoms with E-state index >= 15 is 0 Å². The van der Waals surface area contributed by atoms with Gasteiger partial charge in [-0.05, 0) is 37.6 Å². The van der Waals surface area contributed by atoms with E-state index in [0.717, 1.165) is 6.42 Å². The first-order chi connectivity index (χ1) is 9.52. The number of phenolic OH excluding ortho intramolecular Hbond substituents is 1. The van der Waals surface area contributed by atoms with E-state index in [-0.39, 0.29) is 17.3 Å². The van der Waals surface area contributed by atoms with Crippen molar-refractivity contribution in [3.05, 3.63) is 40.1 Å². The zero-order valence-electron chi connectivity index (χ0n) is 11.2. The van der Waals surface area contributed by atoms with E-state index < -0.39 is 4.92 Å². The zero-order chi connectivity index (χ0) is 14.7. The van der Waals surface area contributed by atoms with Gasteiger partial charge >= 0.3 is 5.69 Å². The average Bonchev–Trinajstić information content (AvgIpc) is 2.69. The van der Waals surface area contributed by atoms with Crippen LogP contribution in [0.1, 0.15) is 19.0 Å². The molecule has 7 nitrogen and oxygen atoms in total. The Morgan fingerprint density at radius 2 is 2.05 bits per heavy atom. The largest absolute Gasteiger partial charge is 0.508 e. The molecule has 1 N–H and O–H groups in total. The molecule has 0 unspecified atom stereocenters. The summed E-state index contributed by atoms with van der Waals surface area (Å²) in [6.07, 6.45) is 0.782. The number of hydrogen-bond donors (Lipinski definition) is 1. The van der Waals surface area contributed by atoms with Gasteiger partial charge in [-0.15, -0.1) is 0 Å². The van der Waals surface area contributed by atoms with Gasteiger partial charge in [0.1, 0.15) is 17.2 Å². The van der Waals surface area contributed by atoms with Gasteiger partial charge in [-0.2, -0.15) is 5.10 Å². The first kappa shape index (κ1) is 13.9. The molecule has 0 saturated carbocycles. The third-order valence-corrected chi connectivity index (χ3v) is 2.72. The lowest BCUT2D eigenvalue weighted by atomic mass is 10.3. The monoisotopic (exact) mass is 277 g/mol. The summed E-state index contributed by atoms with van der Waals surface area (Å²) in [7, 11) is 0. The highest BCUT2D eigenvalue weighted by Crippen LogP contribution is 2.34. The van der Waals surface area contributed by atoms with Crippen molar-refractivity contribution in [3.8, 4) is 17.4 Å². The van der Waals surface area contributed by atoms with Gasteiger partial charge in [-0.25, -0.2) is 4.68 Å². The van der Waals surface area contributed by atoms with Gasteiger partial charge in [0.2, 0.25) is 0 Å². The van der Waals surface area contributed by atoms with Crippen LogP contribution in [-0.4, -0.2) is 19.8 Å². The summed E-state index contributed by atoms with van der Waals surface area (Å²) in [5.74, 6) is 0.619. The number of ether oxygens (including phenoxy) is 1. The van der Waals surface area contributed by atoms with Crippen LogP contribution in [0.25, 0.3) is 0 Å². The Hall–Kier alpha value is -2.57. The van der Waals surface area contributed by atoms with E-state index in [1.165, 1.54) is 28.9 Å². The molecule has 0 aliphatic carbocycles. The van der Waals surface area contributed by atoms with Crippen molar-refractivity contribution in [1.29, 1.82) is 0 Å². The van der Waals surface area contributed by atoms with Gasteiger partial charge < -0.3 is 9.84 Å². The fraction of sp³-hybridized carbons (Fsp3) is 0.308. The first-order valence-electron chi connectivity index (χ1n) is 6.21. The highest BCUT2D eigenvalue weighted by Gasteiger charge is 2.27. The molecule has 2 aromatic rings. The molecular weight excluding hydrogens is 262 g/mol. The summed E-state index contributed by atoms with van der Waals surface area (Å²) in [6, 6.07) is 5.98. The average molecular weight is 277 g/mol. The number of aryl methyl sites for hydroxylation is 2. The number of aromatic nitrogens is 2. The van der Waals surface area contributed by atoms with Crippen LogP contribution in [0.2, 0.25) is 0 Å². The van der Waals surface area contributed by atoms with Gasteiger partial charge in [-0.1, -0.05) is 6.92 Å². The first-order valence-corrected chi connectivity index (χ1v) is 6.21. The minimum Gasteiger partial charge on any atom is -0.508 e. The van der Waals surface area contributed by atoms with Crippen LogP contribution in [-0.2, 0) is 6.54 Å². The van der Waals surface area contributed by atoms with Crippen LogP contribution in [0.3, 0.4) is 0 Å². The van der Waals surface area contributed by atoms with Crippen LogP contribution >= 0.6 is 0 Å². The van der Waals surface area contributed by atoms with Gasteiger partial charge in [0.05, 0.1) is 4.92 Å². The van der Waals surface area contributed by atoms with Crippen molar-refractivity contribution in [2.24, 2.45) is 0 Å². The Labute approximate surface area is 115 Å². The van der Waals surface area contributed by atoms with E-state index in [2.05, 4.69) is 5.10 Å². The second kappa shape index (κ2) is 5.60. The fourth-order valence-electron chi connectivity index (χ4n) is 1.85. The number of rotatable bonds is 5. The van der Waals surface area contributed by atoms with E-state index in [9.17, 15) is 15.2 Å². The van der Waals surface area contributed by atoms with Gasteiger partial charge in [0.15, 0.2) is 0 Å². The van der Waals surface area contributed by atoms with E-state index in [0.29, 0.717) is 18.0 Å². The molecule has 2 rings (SSSR count). The smallest absolute Gasteiger partial charge is 0.353 e. The van der Waals surface area contributed by atoms with Crippen molar-refractivity contribution in [2.45, 2.75) is 26.8 Å². The zero-order valence-corrected chi connectivity index (χ0v) is 11.2. The fourth-order valence-corrected chi connectivity index (χ4v) is 1.85. The second-order valence-corrected chi connectivity index (χ2v) is 4.32. The SMILES string of the molecule is CCCn1nc(C)c([N+](=O)[O-])c1Oc1ccc(O)cc1. The lowest BCUT2D eigenvalue weighted by Crippen LogP contribution is -2.02. The lowest BCUT2D eigenvalue weighted by Gasteiger charge is -2.07. The minimum atomic E-state index is -0.496. The van der Waals surface area contributed by atoms with Gasteiger partial charge in [0, 0.05) is 6.54 Å². The Bertz CT molecular complexity index is 619. The maximum absolute atomic E-state index is 11.1. The number of aromatic hydroxyl groups is 1. The standard InChI is InChI=1S/C13H15N3O4/c1-3-8-15-13(12(16(18)19)9(2)14-15)20-11-6-4-10(17)5-7-11/h4-7,17H,3,8H2,1-2H3. The molecule has 1 aromatic carbocycles.